The number of anilines is 1. The third-order valence-electron chi connectivity index (χ3n) is 3.07. The summed E-state index contributed by atoms with van der Waals surface area (Å²) in [5.74, 6) is 0.394. The molecule has 0 aliphatic heterocycles. The van der Waals surface area contributed by atoms with Crippen LogP contribution in [0.4, 0.5) is 5.13 Å². The van der Waals surface area contributed by atoms with E-state index in [0.29, 0.717) is 11.0 Å². The fourth-order valence-corrected chi connectivity index (χ4v) is 2.79. The van der Waals surface area contributed by atoms with Crippen molar-refractivity contribution in [2.45, 2.75) is 25.7 Å². The summed E-state index contributed by atoms with van der Waals surface area (Å²) in [5.41, 5.74) is 2.18. The number of benzene rings is 1. The molecule has 1 saturated carbocycles. The van der Waals surface area contributed by atoms with Gasteiger partial charge in [-0.1, -0.05) is 41.2 Å². The van der Waals surface area contributed by atoms with E-state index in [1.165, 1.54) is 35.8 Å². The molecule has 1 amide bonds. The highest BCUT2D eigenvalue weighted by Gasteiger charge is 2.27. The second kappa shape index (κ2) is 5.54. The average Bonchev–Trinajstić information content (AvgIpc) is 3.18. The van der Waals surface area contributed by atoms with Crippen LogP contribution in [0.15, 0.2) is 30.3 Å². The van der Waals surface area contributed by atoms with E-state index in [-0.39, 0.29) is 5.91 Å². The Hall–Kier alpha value is -2.01. The maximum Gasteiger partial charge on any atom is 0.250 e. The first-order chi connectivity index (χ1) is 9.70. The van der Waals surface area contributed by atoms with Crippen molar-refractivity contribution in [3.63, 3.8) is 0 Å². The summed E-state index contributed by atoms with van der Waals surface area (Å²) in [5, 5.41) is 12.4. The number of aromatic nitrogens is 2. The highest BCUT2D eigenvalue weighted by molar-refractivity contribution is 7.15. The van der Waals surface area contributed by atoms with Crippen molar-refractivity contribution in [2.75, 3.05) is 5.32 Å². The van der Waals surface area contributed by atoms with Crippen LogP contribution in [0.5, 0.6) is 0 Å². The molecule has 3 rings (SSSR count). The number of amides is 1. The highest BCUT2D eigenvalue weighted by atomic mass is 32.1. The number of carbonyl (C=O) groups excluding carboxylic acids is 1. The van der Waals surface area contributed by atoms with Gasteiger partial charge in [0.15, 0.2) is 0 Å². The monoisotopic (exact) mass is 285 g/mol. The molecule has 1 aliphatic carbocycles. The standard InChI is InChI=1S/C15H15N3OS/c1-10-3-2-4-11(9-10)5-8-13(19)16-15-18-17-14(20-15)12-6-7-12/h2-5,8-9,12H,6-7H2,1H3,(H,16,18,19)/b8-5+. The minimum atomic E-state index is -0.176. The molecular weight excluding hydrogens is 270 g/mol. The SMILES string of the molecule is Cc1cccc(/C=C/C(=O)Nc2nnc(C3CC3)s2)c1. The van der Waals surface area contributed by atoms with E-state index in [1.807, 2.05) is 31.2 Å². The zero-order chi connectivity index (χ0) is 13.9. The Morgan fingerprint density at radius 3 is 3.00 bits per heavy atom. The summed E-state index contributed by atoms with van der Waals surface area (Å²) in [7, 11) is 0. The molecule has 0 saturated heterocycles. The van der Waals surface area contributed by atoms with Crippen LogP contribution in [0.1, 0.15) is 34.9 Å². The van der Waals surface area contributed by atoms with Gasteiger partial charge in [-0.3, -0.25) is 10.1 Å². The molecule has 1 heterocycles. The van der Waals surface area contributed by atoms with E-state index in [1.54, 1.807) is 6.08 Å². The van der Waals surface area contributed by atoms with Crippen molar-refractivity contribution in [1.29, 1.82) is 0 Å². The van der Waals surface area contributed by atoms with Gasteiger partial charge in [0.05, 0.1) is 0 Å². The molecule has 0 bridgehead atoms. The first-order valence-corrected chi connectivity index (χ1v) is 7.41. The van der Waals surface area contributed by atoms with Crippen molar-refractivity contribution in [3.8, 4) is 0 Å². The highest BCUT2D eigenvalue weighted by Crippen LogP contribution is 2.41. The zero-order valence-electron chi connectivity index (χ0n) is 11.2. The average molecular weight is 285 g/mol. The quantitative estimate of drug-likeness (QED) is 0.876. The lowest BCUT2D eigenvalue weighted by Crippen LogP contribution is -2.07. The summed E-state index contributed by atoms with van der Waals surface area (Å²) in [6, 6.07) is 7.99. The summed E-state index contributed by atoms with van der Waals surface area (Å²) >= 11 is 1.47. The van der Waals surface area contributed by atoms with Gasteiger partial charge in [0.1, 0.15) is 5.01 Å². The van der Waals surface area contributed by atoms with Crippen LogP contribution in [-0.4, -0.2) is 16.1 Å². The Morgan fingerprint density at radius 1 is 1.40 bits per heavy atom. The summed E-state index contributed by atoms with van der Waals surface area (Å²) in [6.07, 6.45) is 5.70. The topological polar surface area (TPSA) is 54.9 Å². The number of nitrogens with one attached hydrogen (secondary N) is 1. The Kier molecular flexibility index (Phi) is 3.60. The molecule has 1 aromatic heterocycles. The second-order valence-corrected chi connectivity index (χ2v) is 5.97. The van der Waals surface area contributed by atoms with Crippen LogP contribution < -0.4 is 5.32 Å². The van der Waals surface area contributed by atoms with Gasteiger partial charge >= 0.3 is 0 Å². The first kappa shape index (κ1) is 13.0. The van der Waals surface area contributed by atoms with Crippen LogP contribution in [0.3, 0.4) is 0 Å². The molecule has 2 aromatic rings. The van der Waals surface area contributed by atoms with Gasteiger partial charge in [0, 0.05) is 12.0 Å². The fourth-order valence-electron chi connectivity index (χ4n) is 1.87. The van der Waals surface area contributed by atoms with Crippen molar-refractivity contribution in [2.24, 2.45) is 0 Å². The molecule has 0 spiro atoms. The maximum absolute atomic E-state index is 11.8. The molecule has 1 N–H and O–H groups in total. The van der Waals surface area contributed by atoms with E-state index in [4.69, 9.17) is 0 Å². The number of aryl methyl sites for hydroxylation is 1. The van der Waals surface area contributed by atoms with Crippen LogP contribution in [0, 0.1) is 6.92 Å². The van der Waals surface area contributed by atoms with Crippen molar-refractivity contribution < 1.29 is 4.79 Å². The first-order valence-electron chi connectivity index (χ1n) is 6.60. The van der Waals surface area contributed by atoms with E-state index < -0.39 is 0 Å². The Morgan fingerprint density at radius 2 is 2.25 bits per heavy atom. The molecule has 0 atom stereocenters. The molecule has 5 heteroatoms. The van der Waals surface area contributed by atoms with Gasteiger partial charge in [-0.2, -0.15) is 0 Å². The predicted molar refractivity (Wildman–Crippen MR) is 80.7 cm³/mol. The van der Waals surface area contributed by atoms with Crippen LogP contribution >= 0.6 is 11.3 Å². The van der Waals surface area contributed by atoms with Crippen LogP contribution in [0.2, 0.25) is 0 Å². The molecule has 4 nitrogen and oxygen atoms in total. The van der Waals surface area contributed by atoms with E-state index >= 15 is 0 Å². The minimum Gasteiger partial charge on any atom is -0.297 e. The number of hydrogen-bond acceptors (Lipinski definition) is 4. The van der Waals surface area contributed by atoms with Gasteiger partial charge in [-0.15, -0.1) is 10.2 Å². The van der Waals surface area contributed by atoms with Gasteiger partial charge in [0.25, 0.3) is 0 Å². The van der Waals surface area contributed by atoms with Crippen molar-refractivity contribution >= 4 is 28.5 Å². The Bertz CT molecular complexity index is 659. The van der Waals surface area contributed by atoms with Gasteiger partial charge in [0.2, 0.25) is 11.0 Å². The smallest absolute Gasteiger partial charge is 0.250 e. The largest absolute Gasteiger partial charge is 0.297 e. The maximum atomic E-state index is 11.8. The third kappa shape index (κ3) is 3.30. The molecule has 1 aliphatic rings. The lowest BCUT2D eigenvalue weighted by atomic mass is 10.1. The van der Waals surface area contributed by atoms with Crippen LogP contribution in [-0.2, 0) is 4.79 Å². The Balaban J connectivity index is 1.61. The lowest BCUT2D eigenvalue weighted by Gasteiger charge is -1.96. The van der Waals surface area contributed by atoms with Crippen LogP contribution in [0.25, 0.3) is 6.08 Å². The van der Waals surface area contributed by atoms with E-state index in [9.17, 15) is 4.79 Å². The third-order valence-corrected chi connectivity index (χ3v) is 4.07. The molecular formula is C15H15N3OS. The van der Waals surface area contributed by atoms with E-state index in [2.05, 4.69) is 15.5 Å². The van der Waals surface area contributed by atoms with Gasteiger partial charge < -0.3 is 0 Å². The molecule has 1 aromatic carbocycles. The molecule has 0 unspecified atom stereocenters. The number of carbonyl (C=O) groups is 1. The number of nitrogens with zero attached hydrogens (tertiary/aromatic N) is 2. The molecule has 1 fully saturated rings. The second-order valence-electron chi connectivity index (χ2n) is 4.96. The predicted octanol–water partition coefficient (Wildman–Crippen LogP) is 3.38. The Labute approximate surface area is 121 Å². The fraction of sp³-hybridized carbons (Fsp3) is 0.267. The van der Waals surface area contributed by atoms with Crippen molar-refractivity contribution in [3.05, 3.63) is 46.5 Å². The van der Waals surface area contributed by atoms with E-state index in [0.717, 1.165) is 10.6 Å². The summed E-state index contributed by atoms with van der Waals surface area (Å²) in [6.45, 7) is 2.03. The minimum absolute atomic E-state index is 0.176. The number of hydrogen-bond donors (Lipinski definition) is 1. The summed E-state index contributed by atoms with van der Waals surface area (Å²) < 4.78 is 0. The van der Waals surface area contributed by atoms with Gasteiger partial charge in [-0.25, -0.2) is 0 Å². The van der Waals surface area contributed by atoms with Gasteiger partial charge in [-0.05, 0) is 31.4 Å². The zero-order valence-corrected chi connectivity index (χ0v) is 12.0. The molecule has 20 heavy (non-hydrogen) atoms. The lowest BCUT2D eigenvalue weighted by molar-refractivity contribution is -0.111. The molecule has 0 radical (unpaired) electrons. The van der Waals surface area contributed by atoms with Crippen molar-refractivity contribution in [1.82, 2.24) is 10.2 Å². The normalized spacial score (nSPS) is 14.7. The summed E-state index contributed by atoms with van der Waals surface area (Å²) in [4.78, 5) is 11.8. The number of rotatable bonds is 4. The molecule has 102 valence electrons.